The highest BCUT2D eigenvalue weighted by Crippen LogP contribution is 2.33. The van der Waals surface area contributed by atoms with E-state index >= 15 is 0 Å². The Kier molecular flexibility index (Phi) is 3.45. The second-order valence-electron chi connectivity index (χ2n) is 5.56. The smallest absolute Gasteiger partial charge is 0.314 e. The summed E-state index contributed by atoms with van der Waals surface area (Å²) in [7, 11) is 0. The number of ether oxygens (including phenoxy) is 1. The van der Waals surface area contributed by atoms with Crippen LogP contribution in [0, 0.1) is 0 Å². The van der Waals surface area contributed by atoms with Crippen LogP contribution in [0.4, 0.5) is 0 Å². The SMILES string of the molecule is O=C(CC1(O)CCCC1)Oc1cccc2ccccc12. The van der Waals surface area contributed by atoms with Crippen LogP contribution in [0.1, 0.15) is 32.1 Å². The fraction of sp³-hybridized carbons (Fsp3) is 0.353. The molecule has 0 amide bonds. The summed E-state index contributed by atoms with van der Waals surface area (Å²) in [6, 6.07) is 13.4. The molecule has 1 N–H and O–H groups in total. The van der Waals surface area contributed by atoms with Gasteiger partial charge in [-0.3, -0.25) is 4.79 Å². The Morgan fingerprint density at radius 3 is 2.60 bits per heavy atom. The van der Waals surface area contributed by atoms with Gasteiger partial charge in [-0.2, -0.15) is 0 Å². The molecule has 1 fully saturated rings. The minimum atomic E-state index is -0.859. The fourth-order valence-corrected chi connectivity index (χ4v) is 2.92. The van der Waals surface area contributed by atoms with Gasteiger partial charge in [-0.05, 0) is 24.3 Å². The van der Waals surface area contributed by atoms with Crippen LogP contribution in [0.3, 0.4) is 0 Å². The number of carbonyl (C=O) groups is 1. The van der Waals surface area contributed by atoms with Gasteiger partial charge in [0.25, 0.3) is 0 Å². The van der Waals surface area contributed by atoms with Gasteiger partial charge < -0.3 is 9.84 Å². The van der Waals surface area contributed by atoms with Crippen molar-refractivity contribution < 1.29 is 14.6 Å². The van der Waals surface area contributed by atoms with E-state index in [9.17, 15) is 9.90 Å². The van der Waals surface area contributed by atoms with Crippen LogP contribution in [-0.2, 0) is 4.79 Å². The molecule has 0 heterocycles. The average molecular weight is 270 g/mol. The summed E-state index contributed by atoms with van der Waals surface area (Å²) < 4.78 is 5.46. The molecule has 1 aliphatic carbocycles. The third-order valence-electron chi connectivity index (χ3n) is 3.98. The normalized spacial score (nSPS) is 17.2. The molecule has 3 heteroatoms. The van der Waals surface area contributed by atoms with E-state index in [4.69, 9.17) is 4.74 Å². The molecule has 0 atom stereocenters. The first-order chi connectivity index (χ1) is 9.66. The maximum absolute atomic E-state index is 12.0. The van der Waals surface area contributed by atoms with Gasteiger partial charge in [0, 0.05) is 5.39 Å². The molecule has 3 nitrogen and oxygen atoms in total. The van der Waals surface area contributed by atoms with Crippen LogP contribution in [0.25, 0.3) is 10.8 Å². The van der Waals surface area contributed by atoms with E-state index < -0.39 is 5.60 Å². The molecule has 3 rings (SSSR count). The molecule has 1 saturated carbocycles. The molecule has 0 unspecified atom stereocenters. The molecule has 0 radical (unpaired) electrons. The zero-order valence-corrected chi connectivity index (χ0v) is 11.3. The van der Waals surface area contributed by atoms with Gasteiger partial charge in [-0.1, -0.05) is 49.2 Å². The summed E-state index contributed by atoms with van der Waals surface area (Å²) in [5, 5.41) is 12.2. The van der Waals surface area contributed by atoms with Gasteiger partial charge in [0.1, 0.15) is 5.75 Å². The van der Waals surface area contributed by atoms with Crippen molar-refractivity contribution in [3.8, 4) is 5.75 Å². The van der Waals surface area contributed by atoms with E-state index in [2.05, 4.69) is 0 Å². The van der Waals surface area contributed by atoms with Gasteiger partial charge in [-0.25, -0.2) is 0 Å². The number of carbonyl (C=O) groups excluding carboxylic acids is 1. The second-order valence-corrected chi connectivity index (χ2v) is 5.56. The Morgan fingerprint density at radius 2 is 1.80 bits per heavy atom. The monoisotopic (exact) mass is 270 g/mol. The zero-order valence-electron chi connectivity index (χ0n) is 11.3. The van der Waals surface area contributed by atoms with Crippen molar-refractivity contribution in [2.24, 2.45) is 0 Å². The van der Waals surface area contributed by atoms with Crippen molar-refractivity contribution in [3.05, 3.63) is 42.5 Å². The number of fused-ring (bicyclic) bond motifs is 1. The first kappa shape index (κ1) is 13.1. The van der Waals surface area contributed by atoms with Crippen LogP contribution in [0.2, 0.25) is 0 Å². The molecule has 0 spiro atoms. The average Bonchev–Trinajstić information content (AvgIpc) is 2.85. The van der Waals surface area contributed by atoms with Crippen LogP contribution >= 0.6 is 0 Å². The van der Waals surface area contributed by atoms with Crippen molar-refractivity contribution in [3.63, 3.8) is 0 Å². The Labute approximate surface area is 118 Å². The molecule has 2 aromatic rings. The Balaban J connectivity index is 1.77. The van der Waals surface area contributed by atoms with Crippen molar-refractivity contribution in [2.75, 3.05) is 0 Å². The summed E-state index contributed by atoms with van der Waals surface area (Å²) in [6.07, 6.45) is 3.43. The van der Waals surface area contributed by atoms with Crippen LogP contribution < -0.4 is 4.74 Å². The Hall–Kier alpha value is -1.87. The van der Waals surface area contributed by atoms with Crippen LogP contribution in [0.15, 0.2) is 42.5 Å². The lowest BCUT2D eigenvalue weighted by Crippen LogP contribution is -2.29. The number of hydrogen-bond donors (Lipinski definition) is 1. The third kappa shape index (κ3) is 2.68. The van der Waals surface area contributed by atoms with Crippen molar-refractivity contribution in [2.45, 2.75) is 37.7 Å². The van der Waals surface area contributed by atoms with Gasteiger partial charge >= 0.3 is 5.97 Å². The number of rotatable bonds is 3. The molecule has 2 aromatic carbocycles. The molecule has 20 heavy (non-hydrogen) atoms. The lowest BCUT2D eigenvalue weighted by atomic mass is 9.98. The van der Waals surface area contributed by atoms with Crippen molar-refractivity contribution >= 4 is 16.7 Å². The lowest BCUT2D eigenvalue weighted by Gasteiger charge is -2.20. The molecule has 104 valence electrons. The second kappa shape index (κ2) is 5.25. The molecular formula is C17H18O3. The summed E-state index contributed by atoms with van der Waals surface area (Å²) in [6.45, 7) is 0. The number of benzene rings is 2. The van der Waals surface area contributed by atoms with E-state index in [0.29, 0.717) is 18.6 Å². The number of esters is 1. The summed E-state index contributed by atoms with van der Waals surface area (Å²) >= 11 is 0. The van der Waals surface area contributed by atoms with Gasteiger partial charge in [0.15, 0.2) is 0 Å². The Morgan fingerprint density at radius 1 is 1.10 bits per heavy atom. The fourth-order valence-electron chi connectivity index (χ4n) is 2.92. The minimum Gasteiger partial charge on any atom is -0.426 e. The van der Waals surface area contributed by atoms with Crippen LogP contribution in [-0.4, -0.2) is 16.7 Å². The van der Waals surface area contributed by atoms with E-state index in [1.165, 1.54) is 0 Å². The maximum atomic E-state index is 12.0. The number of aliphatic hydroxyl groups is 1. The third-order valence-corrected chi connectivity index (χ3v) is 3.98. The lowest BCUT2D eigenvalue weighted by molar-refractivity contribution is -0.139. The van der Waals surface area contributed by atoms with Crippen LogP contribution in [0.5, 0.6) is 5.75 Å². The Bertz CT molecular complexity index is 622. The quantitative estimate of drug-likeness (QED) is 0.686. The van der Waals surface area contributed by atoms with Gasteiger partial charge in [0.05, 0.1) is 12.0 Å². The predicted octanol–water partition coefficient (Wildman–Crippen LogP) is 3.44. The highest BCUT2D eigenvalue weighted by atomic mass is 16.5. The zero-order chi connectivity index (χ0) is 14.0. The molecule has 0 aliphatic heterocycles. The molecular weight excluding hydrogens is 252 g/mol. The predicted molar refractivity (Wildman–Crippen MR) is 77.6 cm³/mol. The van der Waals surface area contributed by atoms with E-state index in [-0.39, 0.29) is 12.4 Å². The highest BCUT2D eigenvalue weighted by Gasteiger charge is 2.34. The van der Waals surface area contributed by atoms with E-state index in [1.807, 2.05) is 36.4 Å². The van der Waals surface area contributed by atoms with E-state index in [1.54, 1.807) is 6.07 Å². The first-order valence-corrected chi connectivity index (χ1v) is 7.07. The largest absolute Gasteiger partial charge is 0.426 e. The summed E-state index contributed by atoms with van der Waals surface area (Å²) in [5.74, 6) is 0.209. The summed E-state index contributed by atoms with van der Waals surface area (Å²) in [5.41, 5.74) is -0.859. The molecule has 1 aliphatic rings. The standard InChI is InChI=1S/C17H18O3/c18-16(12-17(19)10-3-4-11-17)20-15-9-5-7-13-6-1-2-8-14(13)15/h1-2,5-9,19H,3-4,10-12H2. The van der Waals surface area contributed by atoms with Gasteiger partial charge in [0.2, 0.25) is 0 Å². The first-order valence-electron chi connectivity index (χ1n) is 7.07. The maximum Gasteiger partial charge on any atom is 0.314 e. The number of hydrogen-bond acceptors (Lipinski definition) is 3. The van der Waals surface area contributed by atoms with Crippen molar-refractivity contribution in [1.82, 2.24) is 0 Å². The molecule has 0 aromatic heterocycles. The summed E-state index contributed by atoms with van der Waals surface area (Å²) in [4.78, 5) is 12.0. The van der Waals surface area contributed by atoms with Crippen molar-refractivity contribution in [1.29, 1.82) is 0 Å². The topological polar surface area (TPSA) is 46.5 Å². The minimum absolute atomic E-state index is 0.0796. The van der Waals surface area contributed by atoms with E-state index in [0.717, 1.165) is 23.6 Å². The molecule has 0 saturated heterocycles. The van der Waals surface area contributed by atoms with Gasteiger partial charge in [-0.15, -0.1) is 0 Å². The highest BCUT2D eigenvalue weighted by molar-refractivity contribution is 5.90. The molecule has 0 bridgehead atoms.